The Morgan fingerprint density at radius 1 is 0.979 bits per heavy atom. The summed E-state index contributed by atoms with van der Waals surface area (Å²) in [5, 5.41) is 18.8. The molecule has 0 amide bonds. The van der Waals surface area contributed by atoms with Gasteiger partial charge in [0, 0.05) is 23.7 Å². The number of carboxylic acids is 2. The van der Waals surface area contributed by atoms with Crippen LogP contribution in [0.25, 0.3) is 44.8 Å². The summed E-state index contributed by atoms with van der Waals surface area (Å²) in [6.45, 7) is 1.57. The van der Waals surface area contributed by atoms with E-state index >= 15 is 0 Å². The zero-order valence-corrected chi connectivity index (χ0v) is 25.7. The van der Waals surface area contributed by atoms with Crippen molar-refractivity contribution in [3.63, 3.8) is 0 Å². The second-order valence-corrected chi connectivity index (χ2v) is 11.7. The Morgan fingerprint density at radius 2 is 1.62 bits per heavy atom. The fourth-order valence-corrected chi connectivity index (χ4v) is 6.37. The van der Waals surface area contributed by atoms with Gasteiger partial charge in [-0.1, -0.05) is 54.6 Å². The van der Waals surface area contributed by atoms with Gasteiger partial charge in [-0.2, -0.15) is 8.78 Å². The van der Waals surface area contributed by atoms with Gasteiger partial charge in [-0.25, -0.2) is 4.98 Å². The number of aliphatic carboxylic acids is 2. The third kappa shape index (κ3) is 6.32. The Hall–Kier alpha value is -5.13. The van der Waals surface area contributed by atoms with Crippen molar-refractivity contribution in [2.24, 2.45) is 5.73 Å². The van der Waals surface area contributed by atoms with Crippen molar-refractivity contribution >= 4 is 23.0 Å². The molecule has 9 nitrogen and oxygen atoms in total. The number of aromatic nitrogens is 1. The zero-order chi connectivity index (χ0) is 33.4. The van der Waals surface area contributed by atoms with Crippen molar-refractivity contribution in [2.45, 2.75) is 51.9 Å². The Labute approximate surface area is 269 Å². The van der Waals surface area contributed by atoms with E-state index in [9.17, 15) is 28.6 Å². The maximum absolute atomic E-state index is 13.4. The molecule has 1 saturated heterocycles. The molecular formula is C36H33F2N3O6. The highest BCUT2D eigenvalue weighted by Crippen LogP contribution is 2.39. The van der Waals surface area contributed by atoms with Crippen LogP contribution < -0.4 is 10.5 Å². The number of nitrogens with two attached hydrogens (primary N) is 1. The van der Waals surface area contributed by atoms with Crippen molar-refractivity contribution in [1.29, 1.82) is 0 Å². The van der Waals surface area contributed by atoms with Crippen LogP contribution in [0.1, 0.15) is 41.1 Å². The topological polar surface area (TPSA) is 139 Å². The van der Waals surface area contributed by atoms with Crippen molar-refractivity contribution in [3.05, 3.63) is 95.1 Å². The minimum absolute atomic E-state index is 0.0814. The maximum atomic E-state index is 13.4. The average molecular weight is 642 g/mol. The highest BCUT2D eigenvalue weighted by molar-refractivity contribution is 5.85. The minimum atomic E-state index is -3.07. The molecule has 0 aliphatic carbocycles. The number of hydrogen-bond donors (Lipinski definition) is 3. The van der Waals surface area contributed by atoms with Crippen LogP contribution in [0.5, 0.6) is 5.75 Å². The van der Waals surface area contributed by atoms with Crippen LogP contribution in [0.2, 0.25) is 0 Å². The van der Waals surface area contributed by atoms with E-state index in [-0.39, 0.29) is 17.9 Å². The van der Waals surface area contributed by atoms with Crippen LogP contribution in [0, 0.1) is 13.8 Å². The number of carbonyl (C=O) groups is 2. The predicted molar refractivity (Wildman–Crippen MR) is 172 cm³/mol. The number of hydrogen-bond acceptors (Lipinski definition) is 7. The Balaban J connectivity index is 1.36. The van der Waals surface area contributed by atoms with Crippen molar-refractivity contribution in [2.75, 3.05) is 6.54 Å². The Morgan fingerprint density at radius 3 is 2.26 bits per heavy atom. The SMILES string of the molecule is Cc1c(-c2ccc([C@H](N)C(=O)O)cc2)cccc1-c1cccc(-c2nc3cc(CN4CCC[C@H]4C(=O)O)c(OC(F)F)cc3o2)c1C. The third-order valence-corrected chi connectivity index (χ3v) is 8.84. The summed E-state index contributed by atoms with van der Waals surface area (Å²) in [5.41, 5.74) is 13.9. The Kier molecular flexibility index (Phi) is 8.76. The maximum Gasteiger partial charge on any atom is 0.387 e. The van der Waals surface area contributed by atoms with Crippen LogP contribution in [-0.4, -0.2) is 51.2 Å². The quantitative estimate of drug-likeness (QED) is 0.145. The van der Waals surface area contributed by atoms with Gasteiger partial charge in [0.1, 0.15) is 23.3 Å². The molecule has 5 aromatic rings. The summed E-state index contributed by atoms with van der Waals surface area (Å²) in [6, 6.07) is 20.1. The molecule has 1 aliphatic rings. The van der Waals surface area contributed by atoms with Gasteiger partial charge in [0.2, 0.25) is 5.89 Å². The normalized spacial score (nSPS) is 15.7. The molecule has 4 aromatic carbocycles. The van der Waals surface area contributed by atoms with E-state index in [0.717, 1.165) is 38.9 Å². The first-order valence-corrected chi connectivity index (χ1v) is 15.2. The minimum Gasteiger partial charge on any atom is -0.480 e. The van der Waals surface area contributed by atoms with Gasteiger partial charge in [0.05, 0.1) is 0 Å². The molecule has 0 bridgehead atoms. The van der Waals surface area contributed by atoms with Gasteiger partial charge in [-0.05, 0) is 84.3 Å². The number of alkyl halides is 2. The second kappa shape index (κ2) is 12.9. The van der Waals surface area contributed by atoms with E-state index in [1.165, 1.54) is 6.07 Å². The van der Waals surface area contributed by atoms with E-state index in [2.05, 4.69) is 0 Å². The number of benzene rings is 4. The fraction of sp³-hybridized carbons (Fsp3) is 0.250. The molecular weight excluding hydrogens is 608 g/mol. The van der Waals surface area contributed by atoms with Gasteiger partial charge in [0.15, 0.2) is 5.58 Å². The van der Waals surface area contributed by atoms with Crippen LogP contribution in [0.3, 0.4) is 0 Å². The van der Waals surface area contributed by atoms with E-state index in [0.29, 0.717) is 41.9 Å². The van der Waals surface area contributed by atoms with Gasteiger partial charge in [0.25, 0.3) is 0 Å². The summed E-state index contributed by atoms with van der Waals surface area (Å²) in [4.78, 5) is 29.5. The molecule has 11 heteroatoms. The van der Waals surface area contributed by atoms with E-state index in [1.54, 1.807) is 23.1 Å². The van der Waals surface area contributed by atoms with Gasteiger partial charge >= 0.3 is 18.6 Å². The Bertz CT molecular complexity index is 1970. The van der Waals surface area contributed by atoms with Crippen LogP contribution in [-0.2, 0) is 16.1 Å². The lowest BCUT2D eigenvalue weighted by Gasteiger charge is -2.22. The highest BCUT2D eigenvalue weighted by Gasteiger charge is 2.31. The molecule has 2 atom stereocenters. The number of likely N-dealkylation sites (tertiary alicyclic amines) is 1. The molecule has 6 rings (SSSR count). The molecule has 0 unspecified atom stereocenters. The standard InChI is InChI=1S/C36H33F2N3O6/c1-19-24(21-11-13-22(14-12-21)32(39)35(44)45)6-3-7-25(19)26-8-4-9-27(20(26)2)33-40-28-16-23(18-41-15-5-10-29(41)34(42)43)30(47-36(37)38)17-31(28)46-33/h3-4,6-9,11-14,16-17,29,32,36H,5,10,15,18,39H2,1-2H3,(H,42,43)(H,44,45)/t29-,32-/m0/s1. The van der Waals surface area contributed by atoms with Gasteiger partial charge < -0.3 is 25.1 Å². The molecule has 0 spiro atoms. The average Bonchev–Trinajstić information content (AvgIpc) is 3.68. The first-order valence-electron chi connectivity index (χ1n) is 15.2. The molecule has 1 aromatic heterocycles. The van der Waals surface area contributed by atoms with Gasteiger partial charge in [-0.3, -0.25) is 14.5 Å². The molecule has 0 saturated carbocycles. The first kappa shape index (κ1) is 31.8. The summed E-state index contributed by atoms with van der Waals surface area (Å²) >= 11 is 0. The molecule has 2 heterocycles. The number of fused-ring (bicyclic) bond motifs is 1. The van der Waals surface area contributed by atoms with E-state index in [1.807, 2.05) is 62.4 Å². The predicted octanol–water partition coefficient (Wildman–Crippen LogP) is 7.18. The summed E-state index contributed by atoms with van der Waals surface area (Å²) in [5.74, 6) is -1.81. The van der Waals surface area contributed by atoms with Crippen LogP contribution in [0.15, 0.2) is 77.2 Å². The summed E-state index contributed by atoms with van der Waals surface area (Å²) in [7, 11) is 0. The van der Waals surface area contributed by atoms with E-state index < -0.39 is 30.6 Å². The largest absolute Gasteiger partial charge is 0.480 e. The number of nitrogens with zero attached hydrogens (tertiary/aromatic N) is 2. The second-order valence-electron chi connectivity index (χ2n) is 11.7. The molecule has 0 radical (unpaired) electrons. The number of carboxylic acid groups (broad SMARTS) is 2. The fourth-order valence-electron chi connectivity index (χ4n) is 6.37. The molecule has 47 heavy (non-hydrogen) atoms. The van der Waals surface area contributed by atoms with Crippen molar-refractivity contribution in [3.8, 4) is 39.5 Å². The van der Waals surface area contributed by atoms with Crippen LogP contribution >= 0.6 is 0 Å². The smallest absolute Gasteiger partial charge is 0.387 e. The van der Waals surface area contributed by atoms with Gasteiger partial charge in [-0.15, -0.1) is 0 Å². The lowest BCUT2D eigenvalue weighted by molar-refractivity contribution is -0.142. The van der Waals surface area contributed by atoms with Crippen LogP contribution in [0.4, 0.5) is 8.78 Å². The highest BCUT2D eigenvalue weighted by atomic mass is 19.3. The number of halogens is 2. The third-order valence-electron chi connectivity index (χ3n) is 8.84. The summed E-state index contributed by atoms with van der Waals surface area (Å²) in [6.07, 6.45) is 1.19. The molecule has 1 aliphatic heterocycles. The molecule has 242 valence electrons. The first-order chi connectivity index (χ1) is 22.5. The lowest BCUT2D eigenvalue weighted by atomic mass is 9.89. The van der Waals surface area contributed by atoms with Crippen molar-refractivity contribution < 1.29 is 37.7 Å². The van der Waals surface area contributed by atoms with Crippen molar-refractivity contribution in [1.82, 2.24) is 9.88 Å². The number of oxazole rings is 1. The lowest BCUT2D eigenvalue weighted by Crippen LogP contribution is -2.35. The zero-order valence-electron chi connectivity index (χ0n) is 25.7. The number of ether oxygens (including phenoxy) is 1. The number of rotatable bonds is 10. The van der Waals surface area contributed by atoms with E-state index in [4.69, 9.17) is 19.9 Å². The summed E-state index contributed by atoms with van der Waals surface area (Å²) < 4.78 is 37.7. The monoisotopic (exact) mass is 641 g/mol. The molecule has 4 N–H and O–H groups in total. The molecule has 1 fully saturated rings.